The predicted molar refractivity (Wildman–Crippen MR) is 68.2 cm³/mol. The molecule has 1 unspecified atom stereocenters. The van der Waals surface area contributed by atoms with Crippen molar-refractivity contribution in [3.8, 4) is 0 Å². The van der Waals surface area contributed by atoms with Crippen LogP contribution in [0.3, 0.4) is 0 Å². The zero-order valence-corrected chi connectivity index (χ0v) is 10.9. The van der Waals surface area contributed by atoms with Gasteiger partial charge in [-0.15, -0.1) is 0 Å². The highest BCUT2D eigenvalue weighted by Gasteiger charge is 2.41. The molecule has 1 saturated heterocycles. The molecule has 0 bridgehead atoms. The number of aliphatic carboxylic acids is 1. The zero-order chi connectivity index (χ0) is 13.0. The summed E-state index contributed by atoms with van der Waals surface area (Å²) in [5.74, 6) is -0.638. The summed E-state index contributed by atoms with van der Waals surface area (Å²) in [5.41, 5.74) is 0.573. The number of hydrogen-bond donors (Lipinski definition) is 1. The van der Waals surface area contributed by atoms with Crippen molar-refractivity contribution in [3.63, 3.8) is 0 Å². The van der Waals surface area contributed by atoms with Crippen molar-refractivity contribution in [2.75, 3.05) is 13.1 Å². The summed E-state index contributed by atoms with van der Waals surface area (Å²) in [5, 5.41) is 9.52. The molecule has 1 aromatic heterocycles. The lowest BCUT2D eigenvalue weighted by molar-refractivity contribution is -0.153. The number of nitrogens with zero attached hydrogens (tertiary/aromatic N) is 1. The number of carbonyl (C=O) groups is 1. The number of hydrogen-bond acceptors (Lipinski definition) is 3. The van der Waals surface area contributed by atoms with E-state index in [0.29, 0.717) is 6.54 Å². The van der Waals surface area contributed by atoms with E-state index < -0.39 is 11.4 Å². The molecule has 0 aromatic carbocycles. The highest BCUT2D eigenvalue weighted by atomic mass is 16.4. The SMILES string of the molecule is CCCC1(C(=O)O)CCCN(Cc2ccoc2)C1. The van der Waals surface area contributed by atoms with Crippen molar-refractivity contribution in [3.05, 3.63) is 24.2 Å². The highest BCUT2D eigenvalue weighted by Crippen LogP contribution is 2.35. The number of piperidine rings is 1. The molecule has 0 amide bonds. The first-order valence-electron chi connectivity index (χ1n) is 6.63. The summed E-state index contributed by atoms with van der Waals surface area (Å²) in [7, 11) is 0. The second-order valence-electron chi connectivity index (χ2n) is 5.28. The highest BCUT2D eigenvalue weighted by molar-refractivity contribution is 5.75. The molecule has 0 spiro atoms. The Bertz CT molecular complexity index is 384. The van der Waals surface area contributed by atoms with Crippen LogP contribution in [0.2, 0.25) is 0 Å². The van der Waals surface area contributed by atoms with Crippen LogP contribution in [0.15, 0.2) is 23.0 Å². The molecule has 100 valence electrons. The maximum atomic E-state index is 11.6. The smallest absolute Gasteiger partial charge is 0.310 e. The minimum Gasteiger partial charge on any atom is -0.481 e. The molecule has 1 aromatic rings. The summed E-state index contributed by atoms with van der Waals surface area (Å²) in [6.45, 7) is 4.47. The van der Waals surface area contributed by atoms with E-state index >= 15 is 0 Å². The van der Waals surface area contributed by atoms with Crippen LogP contribution in [0.4, 0.5) is 0 Å². The average Bonchev–Trinajstić information content (AvgIpc) is 2.82. The van der Waals surface area contributed by atoms with E-state index in [0.717, 1.165) is 44.3 Å². The quantitative estimate of drug-likeness (QED) is 0.874. The van der Waals surface area contributed by atoms with Crippen molar-refractivity contribution < 1.29 is 14.3 Å². The van der Waals surface area contributed by atoms with Crippen LogP contribution in [0.25, 0.3) is 0 Å². The van der Waals surface area contributed by atoms with Gasteiger partial charge in [0.2, 0.25) is 0 Å². The van der Waals surface area contributed by atoms with Gasteiger partial charge in [-0.25, -0.2) is 0 Å². The first-order valence-corrected chi connectivity index (χ1v) is 6.63. The molecule has 1 N–H and O–H groups in total. The van der Waals surface area contributed by atoms with Gasteiger partial charge in [-0.3, -0.25) is 9.69 Å². The summed E-state index contributed by atoms with van der Waals surface area (Å²) < 4.78 is 5.06. The van der Waals surface area contributed by atoms with Gasteiger partial charge in [0.25, 0.3) is 0 Å². The van der Waals surface area contributed by atoms with Crippen LogP contribution < -0.4 is 0 Å². The molecule has 1 aliphatic rings. The Morgan fingerprint density at radius 1 is 1.61 bits per heavy atom. The van der Waals surface area contributed by atoms with Gasteiger partial charge in [-0.05, 0) is 31.9 Å². The molecule has 1 atom stereocenters. The standard InChI is InChI=1S/C14H21NO3/c1-2-5-14(13(16)17)6-3-7-15(11-14)9-12-4-8-18-10-12/h4,8,10H,2-3,5-7,9,11H2,1H3,(H,16,17). The van der Waals surface area contributed by atoms with Gasteiger partial charge in [-0.1, -0.05) is 13.3 Å². The minimum absolute atomic E-state index is 0.545. The molecule has 2 rings (SSSR count). The lowest BCUT2D eigenvalue weighted by Gasteiger charge is -2.39. The lowest BCUT2D eigenvalue weighted by Crippen LogP contribution is -2.47. The Labute approximate surface area is 108 Å². The molecule has 18 heavy (non-hydrogen) atoms. The third-order valence-corrected chi connectivity index (χ3v) is 3.82. The fourth-order valence-electron chi connectivity index (χ4n) is 2.97. The summed E-state index contributed by atoms with van der Waals surface area (Å²) >= 11 is 0. The van der Waals surface area contributed by atoms with Gasteiger partial charge in [0.1, 0.15) is 0 Å². The van der Waals surface area contributed by atoms with Gasteiger partial charge in [0.05, 0.1) is 17.9 Å². The number of likely N-dealkylation sites (tertiary alicyclic amines) is 1. The second-order valence-corrected chi connectivity index (χ2v) is 5.28. The van der Waals surface area contributed by atoms with E-state index in [-0.39, 0.29) is 0 Å². The van der Waals surface area contributed by atoms with E-state index in [2.05, 4.69) is 11.8 Å². The van der Waals surface area contributed by atoms with Gasteiger partial charge in [0.15, 0.2) is 0 Å². The lowest BCUT2D eigenvalue weighted by atomic mass is 9.76. The fraction of sp³-hybridized carbons (Fsp3) is 0.643. The van der Waals surface area contributed by atoms with E-state index in [9.17, 15) is 9.90 Å². The Kier molecular flexibility index (Phi) is 4.07. The van der Waals surface area contributed by atoms with Crippen LogP contribution in [0.1, 0.15) is 38.2 Å². The number of carboxylic acid groups (broad SMARTS) is 1. The molecular weight excluding hydrogens is 230 g/mol. The summed E-state index contributed by atoms with van der Waals surface area (Å²) in [6, 6.07) is 1.94. The normalized spacial score (nSPS) is 25.2. The topological polar surface area (TPSA) is 53.7 Å². The van der Waals surface area contributed by atoms with Crippen LogP contribution in [-0.4, -0.2) is 29.1 Å². The van der Waals surface area contributed by atoms with Crippen molar-refractivity contribution in [1.29, 1.82) is 0 Å². The number of furan rings is 1. The maximum absolute atomic E-state index is 11.6. The predicted octanol–water partition coefficient (Wildman–Crippen LogP) is 2.75. The summed E-state index contributed by atoms with van der Waals surface area (Å²) in [4.78, 5) is 13.8. The third kappa shape index (κ3) is 2.75. The minimum atomic E-state index is -0.638. The Hall–Kier alpha value is -1.29. The van der Waals surface area contributed by atoms with E-state index in [1.165, 1.54) is 0 Å². The van der Waals surface area contributed by atoms with Crippen molar-refractivity contribution in [2.24, 2.45) is 5.41 Å². The van der Waals surface area contributed by atoms with Crippen LogP contribution in [0.5, 0.6) is 0 Å². The molecule has 1 aliphatic heterocycles. The summed E-state index contributed by atoms with van der Waals surface area (Å²) in [6.07, 6.45) is 6.85. The molecule has 4 nitrogen and oxygen atoms in total. The van der Waals surface area contributed by atoms with E-state index in [4.69, 9.17) is 4.42 Å². The first-order chi connectivity index (χ1) is 8.66. The Balaban J connectivity index is 2.04. The monoisotopic (exact) mass is 251 g/mol. The van der Waals surface area contributed by atoms with Gasteiger partial charge in [0, 0.05) is 18.7 Å². The molecule has 1 fully saturated rings. The largest absolute Gasteiger partial charge is 0.481 e. The molecule has 4 heteroatoms. The fourth-order valence-corrected chi connectivity index (χ4v) is 2.97. The third-order valence-electron chi connectivity index (χ3n) is 3.82. The first kappa shape index (κ1) is 13.1. The zero-order valence-electron chi connectivity index (χ0n) is 10.9. The molecule has 0 radical (unpaired) electrons. The molecule has 0 aliphatic carbocycles. The van der Waals surface area contributed by atoms with Gasteiger partial charge < -0.3 is 9.52 Å². The van der Waals surface area contributed by atoms with Crippen LogP contribution in [0, 0.1) is 5.41 Å². The average molecular weight is 251 g/mol. The van der Waals surface area contributed by atoms with Crippen LogP contribution >= 0.6 is 0 Å². The van der Waals surface area contributed by atoms with Crippen molar-refractivity contribution in [1.82, 2.24) is 4.90 Å². The van der Waals surface area contributed by atoms with E-state index in [1.807, 2.05) is 6.07 Å². The van der Waals surface area contributed by atoms with Crippen molar-refractivity contribution in [2.45, 2.75) is 39.2 Å². The van der Waals surface area contributed by atoms with Crippen LogP contribution in [-0.2, 0) is 11.3 Å². The molecule has 2 heterocycles. The Morgan fingerprint density at radius 3 is 3.06 bits per heavy atom. The van der Waals surface area contributed by atoms with Gasteiger partial charge in [-0.2, -0.15) is 0 Å². The Morgan fingerprint density at radius 2 is 2.44 bits per heavy atom. The number of rotatable bonds is 5. The molecular formula is C14H21NO3. The maximum Gasteiger partial charge on any atom is 0.310 e. The van der Waals surface area contributed by atoms with Crippen molar-refractivity contribution >= 4 is 5.97 Å². The molecule has 0 saturated carbocycles. The number of carboxylic acids is 1. The van der Waals surface area contributed by atoms with E-state index in [1.54, 1.807) is 12.5 Å². The second kappa shape index (κ2) is 5.57. The van der Waals surface area contributed by atoms with Gasteiger partial charge >= 0.3 is 5.97 Å².